The van der Waals surface area contributed by atoms with Crippen molar-refractivity contribution >= 4 is 27.4 Å². The number of fused-ring (bicyclic) bond motifs is 1. The van der Waals surface area contributed by atoms with Crippen molar-refractivity contribution in [2.24, 2.45) is 0 Å². The van der Waals surface area contributed by atoms with Gasteiger partial charge in [-0.05, 0) is 44.2 Å². The third-order valence-corrected chi connectivity index (χ3v) is 5.20. The van der Waals surface area contributed by atoms with Crippen LogP contribution in [0.2, 0.25) is 0 Å². The zero-order valence-electron chi connectivity index (χ0n) is 12.9. The van der Waals surface area contributed by atoms with Crippen molar-refractivity contribution in [3.05, 3.63) is 35.2 Å². The summed E-state index contributed by atoms with van der Waals surface area (Å²) in [5, 5.41) is 7.88. The van der Waals surface area contributed by atoms with Crippen molar-refractivity contribution < 1.29 is 0 Å². The van der Waals surface area contributed by atoms with Crippen LogP contribution < -0.4 is 4.90 Å². The summed E-state index contributed by atoms with van der Waals surface area (Å²) >= 11 is 1.68. The number of thiophene rings is 1. The predicted molar refractivity (Wildman–Crippen MR) is 89.5 cm³/mol. The standard InChI is InChI=1S/C16H19N5S/c1-11-8-12(2)21(19-11)9-13-4-3-6-20(13)15-14-5-7-22-16(14)18-10-17-15/h5,7-8,10,13H,3-4,6,9H2,1-2H3/t13-/m0/s1. The lowest BCUT2D eigenvalue weighted by atomic mass is 10.2. The summed E-state index contributed by atoms with van der Waals surface area (Å²) in [6.45, 7) is 6.16. The van der Waals surface area contributed by atoms with Crippen LogP contribution in [0.5, 0.6) is 0 Å². The molecule has 0 bridgehead atoms. The number of hydrogen-bond donors (Lipinski definition) is 0. The van der Waals surface area contributed by atoms with Crippen LogP contribution in [0.1, 0.15) is 24.2 Å². The van der Waals surface area contributed by atoms with Crippen molar-refractivity contribution in [1.29, 1.82) is 0 Å². The van der Waals surface area contributed by atoms with E-state index in [0.717, 1.165) is 29.4 Å². The maximum absolute atomic E-state index is 4.61. The van der Waals surface area contributed by atoms with Gasteiger partial charge < -0.3 is 4.90 Å². The minimum absolute atomic E-state index is 0.455. The van der Waals surface area contributed by atoms with Gasteiger partial charge in [-0.3, -0.25) is 4.68 Å². The quantitative estimate of drug-likeness (QED) is 0.745. The summed E-state index contributed by atoms with van der Waals surface area (Å²) in [6, 6.07) is 4.73. The molecule has 6 heteroatoms. The van der Waals surface area contributed by atoms with Crippen LogP contribution in [0.4, 0.5) is 5.82 Å². The van der Waals surface area contributed by atoms with Gasteiger partial charge in [-0.15, -0.1) is 11.3 Å². The number of anilines is 1. The normalized spacial score (nSPS) is 18.5. The molecule has 114 valence electrons. The van der Waals surface area contributed by atoms with Crippen LogP contribution in [0.25, 0.3) is 10.2 Å². The molecule has 3 aromatic rings. The van der Waals surface area contributed by atoms with Gasteiger partial charge in [0.05, 0.1) is 23.7 Å². The topological polar surface area (TPSA) is 46.8 Å². The lowest BCUT2D eigenvalue weighted by Crippen LogP contribution is -2.34. The SMILES string of the molecule is Cc1cc(C)n(C[C@@H]2CCCN2c2ncnc3sccc23)n1. The van der Waals surface area contributed by atoms with Gasteiger partial charge in [0, 0.05) is 12.2 Å². The van der Waals surface area contributed by atoms with Crippen LogP contribution in [-0.2, 0) is 6.54 Å². The van der Waals surface area contributed by atoms with E-state index in [1.54, 1.807) is 17.7 Å². The Kier molecular flexibility index (Phi) is 3.33. The van der Waals surface area contributed by atoms with Crippen molar-refractivity contribution in [2.75, 3.05) is 11.4 Å². The van der Waals surface area contributed by atoms with Gasteiger partial charge in [0.2, 0.25) is 0 Å². The molecule has 1 aliphatic heterocycles. The molecule has 1 atom stereocenters. The molecule has 1 saturated heterocycles. The Morgan fingerprint density at radius 2 is 2.23 bits per heavy atom. The first-order valence-electron chi connectivity index (χ1n) is 7.68. The fraction of sp³-hybridized carbons (Fsp3) is 0.438. The number of nitrogens with zero attached hydrogens (tertiary/aromatic N) is 5. The Balaban J connectivity index is 1.66. The Labute approximate surface area is 133 Å². The maximum Gasteiger partial charge on any atom is 0.141 e. The highest BCUT2D eigenvalue weighted by Crippen LogP contribution is 2.32. The third kappa shape index (κ3) is 2.27. The zero-order valence-corrected chi connectivity index (χ0v) is 13.7. The molecule has 4 rings (SSSR count). The molecule has 0 aromatic carbocycles. The highest BCUT2D eigenvalue weighted by molar-refractivity contribution is 7.16. The maximum atomic E-state index is 4.61. The van der Waals surface area contributed by atoms with Crippen LogP contribution >= 0.6 is 11.3 Å². The molecular weight excluding hydrogens is 294 g/mol. The Bertz CT molecular complexity index is 806. The van der Waals surface area contributed by atoms with E-state index in [1.165, 1.54) is 23.9 Å². The van der Waals surface area contributed by atoms with Gasteiger partial charge in [0.1, 0.15) is 17.0 Å². The van der Waals surface area contributed by atoms with Gasteiger partial charge in [0.15, 0.2) is 0 Å². The first kappa shape index (κ1) is 13.7. The summed E-state index contributed by atoms with van der Waals surface area (Å²) in [5.74, 6) is 1.08. The second-order valence-electron chi connectivity index (χ2n) is 5.94. The largest absolute Gasteiger partial charge is 0.351 e. The van der Waals surface area contributed by atoms with Crippen LogP contribution in [0.15, 0.2) is 23.8 Å². The molecule has 1 fully saturated rings. The van der Waals surface area contributed by atoms with E-state index < -0.39 is 0 Å². The lowest BCUT2D eigenvalue weighted by Gasteiger charge is -2.26. The number of aromatic nitrogens is 4. The first-order chi connectivity index (χ1) is 10.7. The smallest absolute Gasteiger partial charge is 0.141 e. The highest BCUT2D eigenvalue weighted by Gasteiger charge is 2.28. The van der Waals surface area contributed by atoms with Crippen LogP contribution in [0, 0.1) is 13.8 Å². The lowest BCUT2D eigenvalue weighted by molar-refractivity contribution is 0.497. The molecule has 0 amide bonds. The molecule has 0 radical (unpaired) electrons. The summed E-state index contributed by atoms with van der Waals surface area (Å²) in [7, 11) is 0. The van der Waals surface area contributed by atoms with Gasteiger partial charge >= 0.3 is 0 Å². The molecule has 22 heavy (non-hydrogen) atoms. The van der Waals surface area contributed by atoms with Crippen molar-refractivity contribution in [2.45, 2.75) is 39.3 Å². The molecule has 3 aromatic heterocycles. The molecule has 0 unspecified atom stereocenters. The van der Waals surface area contributed by atoms with Crippen LogP contribution in [0.3, 0.4) is 0 Å². The molecule has 5 nitrogen and oxygen atoms in total. The summed E-state index contributed by atoms with van der Waals surface area (Å²) in [5.41, 5.74) is 2.32. The second kappa shape index (κ2) is 5.35. The van der Waals surface area contributed by atoms with Gasteiger partial charge in [-0.25, -0.2) is 9.97 Å². The van der Waals surface area contributed by atoms with E-state index >= 15 is 0 Å². The highest BCUT2D eigenvalue weighted by atomic mass is 32.1. The summed E-state index contributed by atoms with van der Waals surface area (Å²) in [4.78, 5) is 12.4. The fourth-order valence-electron chi connectivity index (χ4n) is 3.37. The zero-order chi connectivity index (χ0) is 15.1. The first-order valence-corrected chi connectivity index (χ1v) is 8.56. The van der Waals surface area contributed by atoms with E-state index in [-0.39, 0.29) is 0 Å². The van der Waals surface area contributed by atoms with Crippen LogP contribution in [-0.4, -0.2) is 32.3 Å². The molecular formula is C16H19N5S. The summed E-state index contributed by atoms with van der Waals surface area (Å²) < 4.78 is 2.13. The average molecular weight is 313 g/mol. The van der Waals surface area contributed by atoms with Gasteiger partial charge in [0.25, 0.3) is 0 Å². The van der Waals surface area contributed by atoms with E-state index in [2.05, 4.69) is 56.0 Å². The summed E-state index contributed by atoms with van der Waals surface area (Å²) in [6.07, 6.45) is 4.08. The Hall–Kier alpha value is -1.95. The number of aryl methyl sites for hydroxylation is 2. The molecule has 0 N–H and O–H groups in total. The minimum atomic E-state index is 0.455. The second-order valence-corrected chi connectivity index (χ2v) is 6.83. The monoisotopic (exact) mass is 313 g/mol. The fourth-order valence-corrected chi connectivity index (χ4v) is 4.10. The van der Waals surface area contributed by atoms with E-state index in [4.69, 9.17) is 0 Å². The average Bonchev–Trinajstić information content (AvgIpc) is 3.20. The minimum Gasteiger partial charge on any atom is -0.351 e. The predicted octanol–water partition coefficient (Wildman–Crippen LogP) is 3.17. The Morgan fingerprint density at radius 1 is 1.32 bits per heavy atom. The van der Waals surface area contributed by atoms with E-state index in [1.807, 2.05) is 0 Å². The van der Waals surface area contributed by atoms with Gasteiger partial charge in [-0.2, -0.15) is 5.10 Å². The van der Waals surface area contributed by atoms with E-state index in [0.29, 0.717) is 6.04 Å². The van der Waals surface area contributed by atoms with Crippen molar-refractivity contribution in [3.8, 4) is 0 Å². The van der Waals surface area contributed by atoms with Gasteiger partial charge in [-0.1, -0.05) is 0 Å². The number of rotatable bonds is 3. The Morgan fingerprint density at radius 3 is 3.05 bits per heavy atom. The molecule has 1 aliphatic rings. The van der Waals surface area contributed by atoms with Crippen molar-refractivity contribution in [3.63, 3.8) is 0 Å². The molecule has 0 saturated carbocycles. The molecule has 4 heterocycles. The number of hydrogen-bond acceptors (Lipinski definition) is 5. The molecule has 0 aliphatic carbocycles. The van der Waals surface area contributed by atoms with Crippen molar-refractivity contribution in [1.82, 2.24) is 19.7 Å². The molecule has 0 spiro atoms. The van der Waals surface area contributed by atoms with E-state index in [9.17, 15) is 0 Å². The third-order valence-electron chi connectivity index (χ3n) is 4.38.